The van der Waals surface area contributed by atoms with Crippen LogP contribution in [0.1, 0.15) is 35.1 Å². The summed E-state index contributed by atoms with van der Waals surface area (Å²) in [7, 11) is 0. The molecule has 2 unspecified atom stereocenters. The average molecular weight is 826 g/mol. The van der Waals surface area contributed by atoms with Gasteiger partial charge in [-0.15, -0.1) is 11.8 Å². The highest BCUT2D eigenvalue weighted by Gasteiger charge is 2.33. The van der Waals surface area contributed by atoms with E-state index in [-0.39, 0.29) is 5.92 Å². The number of benzene rings is 9. The molecular formula is C60H43NOS. The van der Waals surface area contributed by atoms with Gasteiger partial charge in [-0.05, 0) is 122 Å². The van der Waals surface area contributed by atoms with Crippen LogP contribution < -0.4 is 0 Å². The fraction of sp³-hybridized carbons (Fsp3) is 0.100. The van der Waals surface area contributed by atoms with E-state index in [2.05, 4.69) is 206 Å². The highest BCUT2D eigenvalue weighted by Crippen LogP contribution is 2.51. The Morgan fingerprint density at radius 2 is 1.22 bits per heavy atom. The second-order valence-electron chi connectivity index (χ2n) is 17.5. The maximum atomic E-state index is 6.34. The Labute approximate surface area is 371 Å². The summed E-state index contributed by atoms with van der Waals surface area (Å²) >= 11 is 1.99. The highest BCUT2D eigenvalue weighted by molar-refractivity contribution is 7.99. The maximum Gasteiger partial charge on any atom is 0.135 e. The monoisotopic (exact) mass is 825 g/mol. The van der Waals surface area contributed by atoms with Crippen LogP contribution in [0.3, 0.4) is 0 Å². The smallest absolute Gasteiger partial charge is 0.135 e. The molecule has 0 radical (unpaired) electrons. The molecule has 2 atom stereocenters. The van der Waals surface area contributed by atoms with Gasteiger partial charge in [-0.1, -0.05) is 159 Å². The molecule has 0 amide bonds. The normalized spacial score (nSPS) is 15.8. The largest absolute Gasteiger partial charge is 0.456 e. The van der Waals surface area contributed by atoms with Gasteiger partial charge in [-0.2, -0.15) is 0 Å². The third-order valence-corrected chi connectivity index (χ3v) is 15.0. The lowest BCUT2D eigenvalue weighted by molar-refractivity contribution is 0.516. The molecule has 1 aliphatic carbocycles. The van der Waals surface area contributed by atoms with E-state index >= 15 is 0 Å². The van der Waals surface area contributed by atoms with Gasteiger partial charge < -0.3 is 8.98 Å². The zero-order valence-corrected chi connectivity index (χ0v) is 35.8. The van der Waals surface area contributed by atoms with E-state index in [0.29, 0.717) is 5.92 Å². The van der Waals surface area contributed by atoms with E-state index in [4.69, 9.17) is 4.42 Å². The molecular weight excluding hydrogens is 783 g/mol. The van der Waals surface area contributed by atoms with E-state index in [0.717, 1.165) is 35.1 Å². The third kappa shape index (κ3) is 5.73. The molecule has 13 rings (SSSR count). The minimum absolute atomic E-state index is 0.165. The van der Waals surface area contributed by atoms with Crippen LogP contribution in [0.5, 0.6) is 0 Å². The summed E-state index contributed by atoms with van der Waals surface area (Å²) in [5.74, 6) is 1.54. The minimum Gasteiger partial charge on any atom is -0.456 e. The van der Waals surface area contributed by atoms with E-state index in [1.54, 1.807) is 0 Å². The molecule has 2 aliphatic rings. The molecule has 2 nitrogen and oxygen atoms in total. The number of hydrogen-bond donors (Lipinski definition) is 0. The van der Waals surface area contributed by atoms with Gasteiger partial charge in [0.2, 0.25) is 0 Å². The molecule has 3 heteroatoms. The first-order valence-electron chi connectivity index (χ1n) is 22.3. The van der Waals surface area contributed by atoms with Gasteiger partial charge in [0.05, 0.1) is 11.0 Å². The van der Waals surface area contributed by atoms with Gasteiger partial charge in [0.25, 0.3) is 0 Å². The lowest BCUT2D eigenvalue weighted by Crippen LogP contribution is -2.14. The summed E-state index contributed by atoms with van der Waals surface area (Å²) in [5, 5.41) is 4.88. The summed E-state index contributed by atoms with van der Waals surface area (Å²) < 4.78 is 8.82. The van der Waals surface area contributed by atoms with Crippen molar-refractivity contribution in [2.45, 2.75) is 30.6 Å². The zero-order valence-electron chi connectivity index (χ0n) is 35.0. The second-order valence-corrected chi connectivity index (χ2v) is 18.6. The number of aromatic nitrogens is 1. The molecule has 0 N–H and O–H groups in total. The van der Waals surface area contributed by atoms with Crippen LogP contribution in [0.2, 0.25) is 0 Å². The van der Waals surface area contributed by atoms with Gasteiger partial charge in [0.15, 0.2) is 0 Å². The summed E-state index contributed by atoms with van der Waals surface area (Å²) in [5.41, 5.74) is 21.6. The molecule has 9 aromatic carbocycles. The fourth-order valence-corrected chi connectivity index (χ4v) is 12.3. The van der Waals surface area contributed by atoms with Crippen molar-refractivity contribution in [1.29, 1.82) is 0 Å². The van der Waals surface area contributed by atoms with Gasteiger partial charge in [0, 0.05) is 49.4 Å². The quantitative estimate of drug-likeness (QED) is 0.176. The third-order valence-electron chi connectivity index (χ3n) is 13.9. The number of furan rings is 1. The second kappa shape index (κ2) is 14.5. The van der Waals surface area contributed by atoms with E-state index in [1.165, 1.54) is 105 Å². The molecule has 0 bridgehead atoms. The Morgan fingerprint density at radius 1 is 0.524 bits per heavy atom. The predicted octanol–water partition coefficient (Wildman–Crippen LogP) is 16.3. The average Bonchev–Trinajstić information content (AvgIpc) is 3.76. The first-order valence-corrected chi connectivity index (χ1v) is 23.3. The summed E-state index contributed by atoms with van der Waals surface area (Å²) in [6.45, 7) is 2.48. The first-order chi connectivity index (χ1) is 31.2. The van der Waals surface area contributed by atoms with Crippen molar-refractivity contribution in [3.05, 3.63) is 216 Å². The van der Waals surface area contributed by atoms with Gasteiger partial charge in [-0.3, -0.25) is 0 Å². The topological polar surface area (TPSA) is 18.1 Å². The van der Waals surface area contributed by atoms with Crippen molar-refractivity contribution >= 4 is 55.5 Å². The molecule has 0 saturated heterocycles. The number of thioether (sulfide) groups is 1. The number of para-hydroxylation sites is 4. The summed E-state index contributed by atoms with van der Waals surface area (Å²) in [6, 6.07) is 72.5. The van der Waals surface area contributed by atoms with Crippen molar-refractivity contribution in [3.8, 4) is 50.2 Å². The zero-order chi connectivity index (χ0) is 41.6. The molecule has 3 heterocycles. The van der Waals surface area contributed by atoms with Crippen LogP contribution in [-0.2, 0) is 12.8 Å². The van der Waals surface area contributed by atoms with Crippen LogP contribution in [-0.4, -0.2) is 10.3 Å². The van der Waals surface area contributed by atoms with Crippen LogP contribution in [0, 0.1) is 5.92 Å². The standard InChI is InChI=1S/C60H43NOS/c1-37-33-39-15-13-23-48(50-25-14-24-49-43-18-7-10-26-54(43)61(60(49)50)41-16-3-2-4-17-41)59(39)47-22-6-5-21-46(47)58(37)40-35-51(42-31-32-63-57-28-12-9-20-45(57)52(42)36-40)38-29-30-56-53(34-38)44-19-8-11-27-55(44)62-56/h2-30,34-37,58H,31-33H2,1H3. The Kier molecular flexibility index (Phi) is 8.42. The van der Waals surface area contributed by atoms with Crippen molar-refractivity contribution in [3.63, 3.8) is 0 Å². The highest BCUT2D eigenvalue weighted by atomic mass is 32.2. The minimum atomic E-state index is 0.165. The summed E-state index contributed by atoms with van der Waals surface area (Å²) in [4.78, 5) is 1.36. The lowest BCUT2D eigenvalue weighted by atomic mass is 9.76. The Bertz CT molecular complexity index is 3610. The fourth-order valence-electron chi connectivity index (χ4n) is 11.3. The number of fused-ring (bicyclic) bond motifs is 12. The number of hydrogen-bond acceptors (Lipinski definition) is 2. The maximum absolute atomic E-state index is 6.34. The molecule has 2 aromatic heterocycles. The van der Waals surface area contributed by atoms with Crippen LogP contribution >= 0.6 is 11.8 Å². The van der Waals surface area contributed by atoms with Gasteiger partial charge >= 0.3 is 0 Å². The number of rotatable bonds is 4. The van der Waals surface area contributed by atoms with E-state index in [9.17, 15) is 0 Å². The van der Waals surface area contributed by atoms with Gasteiger partial charge in [0.1, 0.15) is 11.2 Å². The molecule has 11 aromatic rings. The van der Waals surface area contributed by atoms with Crippen molar-refractivity contribution in [2.24, 2.45) is 5.92 Å². The SMILES string of the molecule is CC1Cc2cccc(-c3cccc4c5ccccc5n(-c5ccccc5)c34)c2-c2ccccc2C1c1cc(-c2ccc3oc4ccccc4c3c2)c2c(c1)-c1ccccc1SCC2. The van der Waals surface area contributed by atoms with Crippen LogP contribution in [0.15, 0.2) is 203 Å². The van der Waals surface area contributed by atoms with E-state index < -0.39 is 0 Å². The van der Waals surface area contributed by atoms with Crippen molar-refractivity contribution in [1.82, 2.24) is 4.57 Å². The Balaban J connectivity index is 1.05. The molecule has 0 fully saturated rings. The van der Waals surface area contributed by atoms with Gasteiger partial charge in [-0.25, -0.2) is 0 Å². The Hall–Kier alpha value is -7.07. The molecule has 0 spiro atoms. The van der Waals surface area contributed by atoms with E-state index in [1.807, 2.05) is 11.8 Å². The first kappa shape index (κ1) is 36.6. The van der Waals surface area contributed by atoms with Crippen LogP contribution in [0.4, 0.5) is 0 Å². The molecule has 0 saturated carbocycles. The van der Waals surface area contributed by atoms with Crippen LogP contribution in [0.25, 0.3) is 93.9 Å². The lowest BCUT2D eigenvalue weighted by Gasteiger charge is -2.27. The summed E-state index contributed by atoms with van der Waals surface area (Å²) in [6.07, 6.45) is 1.97. The Morgan fingerprint density at radius 3 is 2.14 bits per heavy atom. The van der Waals surface area contributed by atoms with Crippen molar-refractivity contribution in [2.75, 3.05) is 5.75 Å². The number of nitrogens with zero attached hydrogens (tertiary/aromatic N) is 1. The predicted molar refractivity (Wildman–Crippen MR) is 265 cm³/mol. The molecule has 1 aliphatic heterocycles. The molecule has 300 valence electrons. The molecule has 63 heavy (non-hydrogen) atoms. The van der Waals surface area contributed by atoms with Crippen molar-refractivity contribution < 1.29 is 4.42 Å².